The smallest absolute Gasteiger partial charge is 0.338 e. The summed E-state index contributed by atoms with van der Waals surface area (Å²) in [5.41, 5.74) is 0. The molecule has 0 spiro atoms. The van der Waals surface area contributed by atoms with Crippen molar-refractivity contribution in [2.24, 2.45) is 0 Å². The first kappa shape index (κ1) is 14.6. The van der Waals surface area contributed by atoms with E-state index in [0.717, 1.165) is 38.5 Å². The standard InChI is InChI=1S/C10H10O7/c1-15-7(11)3-5-9(13)17-10(14)6-4-8(12)16-2/h3-6H,1-2H3/b5-3-,6-4+. The molecule has 0 heterocycles. The summed E-state index contributed by atoms with van der Waals surface area (Å²) in [4.78, 5) is 43.0. The van der Waals surface area contributed by atoms with Crippen molar-refractivity contribution in [1.82, 2.24) is 0 Å². The lowest BCUT2D eigenvalue weighted by molar-refractivity contribution is -0.153. The number of esters is 4. The molecular formula is C10H10O7. The van der Waals surface area contributed by atoms with E-state index in [-0.39, 0.29) is 0 Å². The van der Waals surface area contributed by atoms with Gasteiger partial charge in [-0.25, -0.2) is 19.2 Å². The number of rotatable bonds is 4. The summed E-state index contributed by atoms with van der Waals surface area (Å²) >= 11 is 0. The lowest BCUT2D eigenvalue weighted by Gasteiger charge is -1.94. The van der Waals surface area contributed by atoms with Crippen LogP contribution in [-0.4, -0.2) is 38.1 Å². The SMILES string of the molecule is COC(=O)/C=C\C(=O)OC(=O)/C=C/C(=O)OC. The van der Waals surface area contributed by atoms with Crippen molar-refractivity contribution in [2.45, 2.75) is 0 Å². The minimum atomic E-state index is -1.06. The van der Waals surface area contributed by atoms with Crippen LogP contribution in [0.1, 0.15) is 0 Å². The van der Waals surface area contributed by atoms with Crippen molar-refractivity contribution in [1.29, 1.82) is 0 Å². The molecule has 0 saturated heterocycles. The number of ether oxygens (including phenoxy) is 3. The fourth-order valence-corrected chi connectivity index (χ4v) is 0.575. The van der Waals surface area contributed by atoms with Crippen LogP contribution in [0.4, 0.5) is 0 Å². The van der Waals surface area contributed by atoms with Crippen LogP contribution in [0.3, 0.4) is 0 Å². The third kappa shape index (κ3) is 7.48. The first-order chi connectivity index (χ1) is 7.99. The van der Waals surface area contributed by atoms with E-state index in [1.165, 1.54) is 0 Å². The van der Waals surface area contributed by atoms with Crippen molar-refractivity contribution >= 4 is 23.9 Å². The summed E-state index contributed by atoms with van der Waals surface area (Å²) in [5.74, 6) is -3.65. The molecule has 0 aliphatic carbocycles. The number of hydrogen-bond acceptors (Lipinski definition) is 7. The van der Waals surface area contributed by atoms with Gasteiger partial charge in [-0.15, -0.1) is 0 Å². The van der Waals surface area contributed by atoms with Crippen LogP contribution in [-0.2, 0) is 33.4 Å². The predicted molar refractivity (Wildman–Crippen MR) is 53.4 cm³/mol. The molecule has 7 nitrogen and oxygen atoms in total. The van der Waals surface area contributed by atoms with Crippen LogP contribution >= 0.6 is 0 Å². The Morgan fingerprint density at radius 1 is 0.647 bits per heavy atom. The van der Waals surface area contributed by atoms with Gasteiger partial charge in [-0.3, -0.25) is 0 Å². The van der Waals surface area contributed by atoms with Crippen LogP contribution in [0.2, 0.25) is 0 Å². The summed E-state index contributed by atoms with van der Waals surface area (Å²) in [7, 11) is 2.25. The van der Waals surface area contributed by atoms with Crippen molar-refractivity contribution < 1.29 is 33.4 Å². The molecule has 92 valence electrons. The van der Waals surface area contributed by atoms with Gasteiger partial charge in [0.25, 0.3) is 0 Å². The summed E-state index contributed by atoms with van der Waals surface area (Å²) in [6.45, 7) is 0. The van der Waals surface area contributed by atoms with Crippen molar-refractivity contribution in [3.05, 3.63) is 24.3 Å². The maximum atomic E-state index is 10.9. The summed E-state index contributed by atoms with van der Waals surface area (Å²) in [6.07, 6.45) is 3.02. The van der Waals surface area contributed by atoms with Gasteiger partial charge in [-0.2, -0.15) is 0 Å². The van der Waals surface area contributed by atoms with E-state index in [4.69, 9.17) is 0 Å². The maximum Gasteiger partial charge on any atom is 0.338 e. The molecule has 17 heavy (non-hydrogen) atoms. The quantitative estimate of drug-likeness (QED) is 0.284. The van der Waals surface area contributed by atoms with Gasteiger partial charge in [0.05, 0.1) is 14.2 Å². The molecule has 0 fully saturated rings. The Bertz CT molecular complexity index is 342. The van der Waals surface area contributed by atoms with Gasteiger partial charge in [-0.1, -0.05) is 0 Å². The number of methoxy groups -OCH3 is 2. The highest BCUT2D eigenvalue weighted by Crippen LogP contribution is 1.88. The highest BCUT2D eigenvalue weighted by molar-refractivity contribution is 6.00. The van der Waals surface area contributed by atoms with Gasteiger partial charge < -0.3 is 14.2 Å². The van der Waals surface area contributed by atoms with Gasteiger partial charge in [0, 0.05) is 24.3 Å². The van der Waals surface area contributed by atoms with Gasteiger partial charge in [-0.05, 0) is 0 Å². The Kier molecular flexibility index (Phi) is 6.68. The molecule has 0 radical (unpaired) electrons. The van der Waals surface area contributed by atoms with Gasteiger partial charge in [0.2, 0.25) is 0 Å². The molecule has 0 N–H and O–H groups in total. The number of carbonyl (C=O) groups excluding carboxylic acids is 4. The first-order valence-electron chi connectivity index (χ1n) is 4.27. The Balaban J connectivity index is 4.18. The Labute approximate surface area is 96.6 Å². The van der Waals surface area contributed by atoms with E-state index in [1.807, 2.05) is 0 Å². The van der Waals surface area contributed by atoms with E-state index >= 15 is 0 Å². The Morgan fingerprint density at radius 3 is 1.24 bits per heavy atom. The minimum Gasteiger partial charge on any atom is -0.466 e. The fourth-order valence-electron chi connectivity index (χ4n) is 0.575. The summed E-state index contributed by atoms with van der Waals surface area (Å²) in [6, 6.07) is 0. The molecule has 0 aromatic rings. The Morgan fingerprint density at radius 2 is 0.941 bits per heavy atom. The second-order valence-electron chi connectivity index (χ2n) is 2.45. The molecule has 0 aromatic carbocycles. The normalized spacial score (nSPS) is 10.2. The molecule has 0 atom stereocenters. The van der Waals surface area contributed by atoms with Crippen LogP contribution < -0.4 is 0 Å². The maximum absolute atomic E-state index is 10.9. The van der Waals surface area contributed by atoms with Crippen molar-refractivity contribution in [3.63, 3.8) is 0 Å². The van der Waals surface area contributed by atoms with Crippen LogP contribution in [0.5, 0.6) is 0 Å². The van der Waals surface area contributed by atoms with Crippen LogP contribution in [0.25, 0.3) is 0 Å². The molecular weight excluding hydrogens is 232 g/mol. The van der Waals surface area contributed by atoms with Gasteiger partial charge in [0.15, 0.2) is 0 Å². The molecule has 0 aliphatic rings. The lowest BCUT2D eigenvalue weighted by atomic mass is 10.5. The molecule has 0 amide bonds. The molecule has 0 rings (SSSR count). The average Bonchev–Trinajstić information content (AvgIpc) is 2.32. The largest absolute Gasteiger partial charge is 0.466 e. The monoisotopic (exact) mass is 242 g/mol. The van der Waals surface area contributed by atoms with E-state index in [9.17, 15) is 19.2 Å². The molecule has 0 aromatic heterocycles. The predicted octanol–water partition coefficient (Wildman–Crippen LogP) is -0.485. The average molecular weight is 242 g/mol. The topological polar surface area (TPSA) is 96.0 Å². The third-order valence-corrected chi connectivity index (χ3v) is 1.31. The van der Waals surface area contributed by atoms with E-state index < -0.39 is 23.9 Å². The van der Waals surface area contributed by atoms with Crippen molar-refractivity contribution in [3.8, 4) is 0 Å². The van der Waals surface area contributed by atoms with Crippen LogP contribution in [0, 0.1) is 0 Å². The van der Waals surface area contributed by atoms with Crippen LogP contribution in [0.15, 0.2) is 24.3 Å². The fraction of sp³-hybridized carbons (Fsp3) is 0.200. The lowest BCUT2D eigenvalue weighted by Crippen LogP contribution is -2.09. The first-order valence-corrected chi connectivity index (χ1v) is 4.27. The zero-order chi connectivity index (χ0) is 13.3. The van der Waals surface area contributed by atoms with Crippen molar-refractivity contribution in [2.75, 3.05) is 14.2 Å². The van der Waals surface area contributed by atoms with Gasteiger partial charge in [0.1, 0.15) is 0 Å². The number of carbonyl (C=O) groups is 4. The highest BCUT2D eigenvalue weighted by atomic mass is 16.6. The van der Waals surface area contributed by atoms with E-state index in [2.05, 4.69) is 14.2 Å². The summed E-state index contributed by atoms with van der Waals surface area (Å²) < 4.78 is 12.6. The molecule has 0 unspecified atom stereocenters. The molecule has 7 heteroatoms. The zero-order valence-electron chi connectivity index (χ0n) is 9.17. The van der Waals surface area contributed by atoms with Gasteiger partial charge >= 0.3 is 23.9 Å². The third-order valence-electron chi connectivity index (χ3n) is 1.31. The minimum absolute atomic E-state index is 0.718. The molecule has 0 saturated carbocycles. The van der Waals surface area contributed by atoms with E-state index in [1.54, 1.807) is 0 Å². The summed E-state index contributed by atoms with van der Waals surface area (Å²) in [5, 5.41) is 0. The number of hydrogen-bond donors (Lipinski definition) is 0. The Hall–Kier alpha value is -2.44. The van der Waals surface area contributed by atoms with E-state index in [0.29, 0.717) is 0 Å². The highest BCUT2D eigenvalue weighted by Gasteiger charge is 2.05. The second-order valence-corrected chi connectivity index (χ2v) is 2.45. The molecule has 0 bridgehead atoms. The second kappa shape index (κ2) is 7.80. The zero-order valence-corrected chi connectivity index (χ0v) is 9.17. The molecule has 0 aliphatic heterocycles.